The number of carbonyl (C=O) groups excluding carboxylic acids is 1. The van der Waals surface area contributed by atoms with Gasteiger partial charge in [0.2, 0.25) is 0 Å². The first kappa shape index (κ1) is 93.8. The molecule has 5 fully saturated rings. The maximum absolute atomic E-state index is 14.9. The molecule has 12 aromatic rings. The second-order valence-electron chi connectivity index (χ2n) is 33.3. The Hall–Kier alpha value is -11.0. The second-order valence-corrected chi connectivity index (χ2v) is 33.3. The number of benzene rings is 12. The molecule has 0 unspecified atom stereocenters. The number of hydrogen-bond acceptors (Lipinski definition) is 22. The Morgan fingerprint density at radius 1 is 0.271 bits per heavy atom. The predicted octanol–water partition coefficient (Wildman–Crippen LogP) is 18.3. The van der Waals surface area contributed by atoms with Crippen LogP contribution in [-0.2, 0) is 166 Å². The van der Waals surface area contributed by atoms with E-state index in [-0.39, 0.29) is 105 Å². The predicted molar refractivity (Wildman–Crippen MR) is 494 cm³/mol. The molecule has 21 atom stereocenters. The first-order chi connectivity index (χ1) is 65.8. The molecule has 0 amide bonds. The number of esters is 1. The summed E-state index contributed by atoms with van der Waals surface area (Å²) in [6.45, 7) is 4.60. The smallest absolute Gasteiger partial charge is 0.338 e. The first-order valence-electron chi connectivity index (χ1n) is 45.7. The lowest BCUT2D eigenvalue weighted by atomic mass is 9.94. The van der Waals surface area contributed by atoms with Crippen LogP contribution in [0, 0.1) is 0 Å². The maximum atomic E-state index is 14.9. The number of hydrogen-bond donors (Lipinski definition) is 0. The van der Waals surface area contributed by atoms with Crippen LogP contribution in [-0.4, -0.2) is 162 Å². The monoisotopic (exact) mass is 1800 g/mol. The zero-order chi connectivity index (χ0) is 90.2. The summed E-state index contributed by atoms with van der Waals surface area (Å²) in [4.78, 5) is 14.9. The van der Waals surface area contributed by atoms with Crippen molar-refractivity contribution in [2.24, 2.45) is 0 Å². The van der Waals surface area contributed by atoms with Crippen LogP contribution in [0.3, 0.4) is 0 Å². The third-order valence-electron chi connectivity index (χ3n) is 23.8. The molecule has 0 N–H and O–H groups in total. The van der Waals surface area contributed by atoms with Crippen molar-refractivity contribution in [3.05, 3.63) is 443 Å². The van der Waals surface area contributed by atoms with Crippen LogP contribution >= 0.6 is 0 Å². The molecule has 5 aliphatic rings. The Kier molecular flexibility index (Phi) is 34.8. The van der Waals surface area contributed by atoms with Gasteiger partial charge < -0.3 is 99.5 Å². The summed E-state index contributed by atoms with van der Waals surface area (Å²) in [5, 5.41) is 0. The summed E-state index contributed by atoms with van der Waals surface area (Å²) in [6, 6.07) is 117. The van der Waals surface area contributed by atoms with Crippen molar-refractivity contribution < 1.29 is 104 Å². The van der Waals surface area contributed by atoms with Gasteiger partial charge in [0.05, 0.1) is 105 Å². The molecule has 0 saturated carbocycles. The highest BCUT2D eigenvalue weighted by Crippen LogP contribution is 2.44. The lowest BCUT2D eigenvalue weighted by Crippen LogP contribution is -2.69. The molecule has 690 valence electrons. The highest BCUT2D eigenvalue weighted by atomic mass is 16.8. The fourth-order valence-electron chi connectivity index (χ4n) is 17.1. The van der Waals surface area contributed by atoms with Crippen LogP contribution < -0.4 is 0 Å². The van der Waals surface area contributed by atoms with Crippen LogP contribution in [0.5, 0.6) is 0 Å². The summed E-state index contributed by atoms with van der Waals surface area (Å²) in [7, 11) is 0. The van der Waals surface area contributed by atoms with Crippen LogP contribution in [0.1, 0.15) is 77.8 Å². The number of ether oxygens (including phenoxy) is 21. The van der Waals surface area contributed by atoms with Gasteiger partial charge in [-0.15, -0.1) is 6.58 Å². The lowest BCUT2D eigenvalue weighted by molar-refractivity contribution is -0.409. The van der Waals surface area contributed by atoms with E-state index in [1.165, 1.54) is 0 Å². The Labute approximate surface area is 777 Å². The van der Waals surface area contributed by atoms with Crippen molar-refractivity contribution >= 4 is 5.97 Å². The van der Waals surface area contributed by atoms with Gasteiger partial charge in [-0.25, -0.2) is 4.79 Å². The summed E-state index contributed by atoms with van der Waals surface area (Å²) in [5.74, 6) is -0.667. The highest BCUT2D eigenvalue weighted by molar-refractivity contribution is 5.89. The SMILES string of the molecule is C=CCO[C@@H]1O[C@H](COCc2ccccc2)[C@@H](O[C@@H]2O[C@H](COCc3ccccc3)[C@@H](O[C@@H]3O[C@H](COCc4ccccc4)[C@@H](O[C@@H]4O[C@@H]5CO[C@@H](c6ccccc6)O[C@H]5[C@H](OCc5ccccc5)[C@@H]4OCc4ccccc4)[C@H](OCc4ccccc4)[C@@H]3OCc3ccccc3)[C@H](OCc3ccccc3)[C@@H]2OCc2ccccc2)[C@H](OCc2ccccc2)[C@H]1OC(=O)c1ccccc1. The molecule has 0 radical (unpaired) electrons. The lowest BCUT2D eigenvalue weighted by Gasteiger charge is -2.53. The van der Waals surface area contributed by atoms with Gasteiger partial charge in [0.1, 0.15) is 91.6 Å². The van der Waals surface area contributed by atoms with Crippen molar-refractivity contribution in [3.63, 3.8) is 0 Å². The average molecular weight is 1800 g/mol. The summed E-state index contributed by atoms with van der Waals surface area (Å²) >= 11 is 0. The van der Waals surface area contributed by atoms with Gasteiger partial charge in [-0.1, -0.05) is 358 Å². The Balaban J connectivity index is 0.806. The van der Waals surface area contributed by atoms with Crippen LogP contribution in [0.2, 0.25) is 0 Å². The van der Waals surface area contributed by atoms with Gasteiger partial charge in [0.15, 0.2) is 37.6 Å². The van der Waals surface area contributed by atoms with Crippen molar-refractivity contribution in [3.8, 4) is 0 Å². The van der Waals surface area contributed by atoms with Gasteiger partial charge in [-0.05, 0) is 67.8 Å². The van der Waals surface area contributed by atoms with E-state index >= 15 is 0 Å². The Morgan fingerprint density at radius 3 is 0.857 bits per heavy atom. The number of carbonyl (C=O) groups is 1. The van der Waals surface area contributed by atoms with Crippen LogP contribution in [0.4, 0.5) is 0 Å². The van der Waals surface area contributed by atoms with E-state index in [0.717, 1.165) is 61.2 Å². The van der Waals surface area contributed by atoms with E-state index in [1.807, 2.05) is 340 Å². The molecule has 22 heteroatoms. The van der Waals surface area contributed by atoms with Crippen molar-refractivity contribution in [1.29, 1.82) is 0 Å². The van der Waals surface area contributed by atoms with Gasteiger partial charge in [-0.3, -0.25) is 0 Å². The molecular formula is C111H114O22. The standard InChI is InChI=1S/C111H114O22/c1-2-63-116-108-105(129-106(112)88-59-35-13-36-60-88)101(120-70-84-51-27-9-28-52-84)96(90(125-108)74-113-64-78-39-15-3-16-40-78)133-110-103(122-72-86-55-31-11-32-56-86)98(117-67-81-45-21-6-22-46-81)94(91(127-110)75-114-65-79-41-17-4-18-42-79)131-109-102(121-71-85-53-29-10-30-54-85)99(118-68-82-47-23-7-24-48-82)95(92(126-109)76-115-66-80-43-19-5-20-44-80)132-111-104(123-73-87-57-33-12-34-58-87)100(119-69-83-49-25-8-26-50-83)97-93(128-111)77-124-107(130-97)89-61-37-14-38-62-89/h2-62,90-105,107-111H,1,63-77H2/t90-,91-,92-,93-,94-,95-,96-,97-,98+,99+,100+,101+,102+,103+,104+,105-,107-,108-,109+,110+,111+/m1/s1. The number of fused-ring (bicyclic) bond motifs is 1. The molecule has 12 aromatic carbocycles. The average Bonchev–Trinajstić information content (AvgIpc) is 0.755. The van der Waals surface area contributed by atoms with E-state index < -0.39 is 135 Å². The number of rotatable bonds is 45. The van der Waals surface area contributed by atoms with Crippen molar-refractivity contribution in [2.45, 2.75) is 195 Å². The molecule has 133 heavy (non-hydrogen) atoms. The quantitative estimate of drug-likeness (QED) is 0.0256. The summed E-state index contributed by atoms with van der Waals surface area (Å²) in [5.41, 5.74) is 9.75. The molecule has 5 heterocycles. The first-order valence-corrected chi connectivity index (χ1v) is 45.7. The highest BCUT2D eigenvalue weighted by Gasteiger charge is 2.60. The van der Waals surface area contributed by atoms with E-state index in [9.17, 15) is 4.79 Å². The van der Waals surface area contributed by atoms with Gasteiger partial charge in [-0.2, -0.15) is 0 Å². The molecular weight excluding hydrogens is 1690 g/mol. The van der Waals surface area contributed by atoms with Gasteiger partial charge in [0, 0.05) is 5.56 Å². The topological polar surface area (TPSA) is 211 Å². The molecule has 5 aliphatic heterocycles. The van der Waals surface area contributed by atoms with E-state index in [4.69, 9.17) is 99.5 Å². The summed E-state index contributed by atoms with van der Waals surface area (Å²) in [6.07, 6.45) is -22.5. The molecule has 0 bridgehead atoms. The summed E-state index contributed by atoms with van der Waals surface area (Å²) < 4.78 is 154. The Bertz CT molecular complexity index is 5320. The minimum absolute atomic E-state index is 0.00177. The molecule has 0 spiro atoms. The second kappa shape index (κ2) is 49.3. The van der Waals surface area contributed by atoms with E-state index in [2.05, 4.69) is 6.58 Å². The molecule has 17 rings (SSSR count). The fraction of sp³-hybridized carbons (Fsp3) is 0.324. The maximum Gasteiger partial charge on any atom is 0.338 e. The minimum atomic E-state index is -1.47. The zero-order valence-electron chi connectivity index (χ0n) is 74.1. The van der Waals surface area contributed by atoms with E-state index in [0.29, 0.717) is 0 Å². The van der Waals surface area contributed by atoms with Crippen LogP contribution in [0.25, 0.3) is 0 Å². The van der Waals surface area contributed by atoms with E-state index in [1.54, 1.807) is 30.3 Å². The molecule has 0 aliphatic carbocycles. The zero-order valence-corrected chi connectivity index (χ0v) is 74.1. The molecule has 5 saturated heterocycles. The largest absolute Gasteiger partial charge is 0.450 e. The van der Waals surface area contributed by atoms with Gasteiger partial charge >= 0.3 is 5.97 Å². The minimum Gasteiger partial charge on any atom is -0.450 e. The fourth-order valence-corrected chi connectivity index (χ4v) is 17.1. The Morgan fingerprint density at radius 2 is 0.534 bits per heavy atom. The van der Waals surface area contributed by atoms with Crippen molar-refractivity contribution in [1.82, 2.24) is 0 Å². The van der Waals surface area contributed by atoms with Crippen molar-refractivity contribution in [2.75, 3.05) is 33.0 Å². The normalized spacial score (nSPS) is 26.4. The van der Waals surface area contributed by atoms with Crippen LogP contribution in [0.15, 0.2) is 377 Å². The molecule has 22 nitrogen and oxygen atoms in total. The molecule has 0 aromatic heterocycles. The third kappa shape index (κ3) is 26.4. The van der Waals surface area contributed by atoms with Gasteiger partial charge in [0.25, 0.3) is 0 Å². The third-order valence-corrected chi connectivity index (χ3v) is 23.8.